The fourth-order valence-corrected chi connectivity index (χ4v) is 1.71. The molecule has 1 unspecified atom stereocenters. The van der Waals surface area contributed by atoms with Gasteiger partial charge in [0.25, 0.3) is 0 Å². The SMILES string of the molecule is Cc1cc2[nH]ccc2cc1OC(C)(C)P. The second-order valence-corrected chi connectivity index (χ2v) is 5.78. The number of hydrogen-bond donors (Lipinski definition) is 1. The molecule has 1 heterocycles. The van der Waals surface area contributed by atoms with Crippen LogP contribution in [0.2, 0.25) is 0 Å². The van der Waals surface area contributed by atoms with E-state index in [0.29, 0.717) is 0 Å². The van der Waals surface area contributed by atoms with Crippen molar-refractivity contribution in [3.63, 3.8) is 0 Å². The number of nitrogens with one attached hydrogen (secondary N) is 1. The number of aromatic amines is 1. The van der Waals surface area contributed by atoms with E-state index >= 15 is 0 Å². The van der Waals surface area contributed by atoms with Gasteiger partial charge in [-0.1, -0.05) is 9.24 Å². The van der Waals surface area contributed by atoms with E-state index in [1.165, 1.54) is 5.39 Å². The molecule has 0 bridgehead atoms. The van der Waals surface area contributed by atoms with Crippen LogP contribution in [0.1, 0.15) is 19.4 Å². The van der Waals surface area contributed by atoms with Crippen LogP contribution < -0.4 is 4.74 Å². The van der Waals surface area contributed by atoms with Gasteiger partial charge in [-0.15, -0.1) is 0 Å². The van der Waals surface area contributed by atoms with E-state index in [2.05, 4.69) is 39.3 Å². The van der Waals surface area contributed by atoms with E-state index in [1.807, 2.05) is 20.0 Å². The van der Waals surface area contributed by atoms with Gasteiger partial charge < -0.3 is 9.72 Å². The average molecular weight is 221 g/mol. The lowest BCUT2D eigenvalue weighted by atomic mass is 10.1. The van der Waals surface area contributed by atoms with Gasteiger partial charge in [0.15, 0.2) is 0 Å². The molecule has 2 aromatic rings. The molecular formula is C12H16NOP. The summed E-state index contributed by atoms with van der Waals surface area (Å²) >= 11 is 0. The van der Waals surface area contributed by atoms with Crippen molar-refractivity contribution in [1.82, 2.24) is 4.98 Å². The Hall–Kier alpha value is -1.01. The molecule has 1 atom stereocenters. The van der Waals surface area contributed by atoms with E-state index in [-0.39, 0.29) is 5.34 Å². The molecule has 0 saturated carbocycles. The summed E-state index contributed by atoms with van der Waals surface area (Å²) in [5.74, 6) is 0.946. The second kappa shape index (κ2) is 3.53. The number of H-pyrrole nitrogens is 1. The maximum absolute atomic E-state index is 5.86. The molecule has 80 valence electrons. The zero-order valence-electron chi connectivity index (χ0n) is 9.29. The minimum atomic E-state index is -0.227. The van der Waals surface area contributed by atoms with Crippen LogP contribution in [0.3, 0.4) is 0 Å². The van der Waals surface area contributed by atoms with Crippen LogP contribution in [0.4, 0.5) is 0 Å². The summed E-state index contributed by atoms with van der Waals surface area (Å²) in [6, 6.07) is 6.24. The van der Waals surface area contributed by atoms with Crippen LogP contribution in [0, 0.1) is 6.92 Å². The molecule has 1 aromatic carbocycles. The number of aryl methyl sites for hydroxylation is 1. The van der Waals surface area contributed by atoms with Crippen molar-refractivity contribution < 1.29 is 4.74 Å². The zero-order chi connectivity index (χ0) is 11.1. The highest BCUT2D eigenvalue weighted by molar-refractivity contribution is 7.18. The van der Waals surface area contributed by atoms with Gasteiger partial charge in [-0.25, -0.2) is 0 Å². The predicted octanol–water partition coefficient (Wildman–Crippen LogP) is 3.47. The van der Waals surface area contributed by atoms with Crippen molar-refractivity contribution >= 4 is 20.1 Å². The number of rotatable bonds is 2. The fraction of sp³-hybridized carbons (Fsp3) is 0.333. The van der Waals surface area contributed by atoms with Crippen molar-refractivity contribution in [1.29, 1.82) is 0 Å². The highest BCUT2D eigenvalue weighted by Gasteiger charge is 2.14. The van der Waals surface area contributed by atoms with Crippen molar-refractivity contribution in [2.75, 3.05) is 0 Å². The second-order valence-electron chi connectivity index (χ2n) is 4.39. The molecule has 0 fully saturated rings. The third-order valence-corrected chi connectivity index (χ3v) is 2.34. The summed E-state index contributed by atoms with van der Waals surface area (Å²) < 4.78 is 5.86. The Labute approximate surface area is 92.2 Å². The number of hydrogen-bond acceptors (Lipinski definition) is 1. The molecule has 2 rings (SSSR count). The monoisotopic (exact) mass is 221 g/mol. The maximum Gasteiger partial charge on any atom is 0.124 e. The van der Waals surface area contributed by atoms with Crippen LogP contribution in [-0.4, -0.2) is 10.3 Å². The summed E-state index contributed by atoms with van der Waals surface area (Å²) in [5, 5.41) is 0.958. The molecule has 0 aliphatic carbocycles. The van der Waals surface area contributed by atoms with Gasteiger partial charge in [0.05, 0.1) is 0 Å². The van der Waals surface area contributed by atoms with E-state index in [9.17, 15) is 0 Å². The summed E-state index contributed by atoms with van der Waals surface area (Å²) in [5.41, 5.74) is 2.31. The Morgan fingerprint density at radius 2 is 2.07 bits per heavy atom. The van der Waals surface area contributed by atoms with Crippen molar-refractivity contribution in [2.24, 2.45) is 0 Å². The Morgan fingerprint density at radius 3 is 2.73 bits per heavy atom. The number of ether oxygens (including phenoxy) is 1. The first-order chi connectivity index (χ1) is 6.96. The lowest BCUT2D eigenvalue weighted by molar-refractivity contribution is 0.205. The van der Waals surface area contributed by atoms with E-state index < -0.39 is 0 Å². The fourth-order valence-electron chi connectivity index (χ4n) is 1.58. The molecule has 0 saturated heterocycles. The Bertz CT molecular complexity index is 482. The molecule has 0 aliphatic rings. The maximum atomic E-state index is 5.86. The highest BCUT2D eigenvalue weighted by atomic mass is 31.0. The molecule has 2 nitrogen and oxygen atoms in total. The van der Waals surface area contributed by atoms with Crippen molar-refractivity contribution in [2.45, 2.75) is 26.1 Å². The molecule has 0 spiro atoms. The topological polar surface area (TPSA) is 25.0 Å². The molecule has 0 amide bonds. The average Bonchev–Trinajstić information content (AvgIpc) is 2.49. The van der Waals surface area contributed by atoms with Gasteiger partial charge in [-0.2, -0.15) is 0 Å². The third-order valence-electron chi connectivity index (χ3n) is 2.22. The first-order valence-electron chi connectivity index (χ1n) is 5.01. The first kappa shape index (κ1) is 10.5. The minimum absolute atomic E-state index is 0.227. The third kappa shape index (κ3) is 2.32. The van der Waals surface area contributed by atoms with Crippen LogP contribution in [-0.2, 0) is 0 Å². The van der Waals surface area contributed by atoms with E-state index in [1.54, 1.807) is 0 Å². The van der Waals surface area contributed by atoms with E-state index in [0.717, 1.165) is 16.8 Å². The summed E-state index contributed by atoms with van der Waals surface area (Å²) in [6.07, 6.45) is 1.94. The largest absolute Gasteiger partial charge is 0.484 e. The van der Waals surface area contributed by atoms with Gasteiger partial charge in [-0.05, 0) is 44.5 Å². The van der Waals surface area contributed by atoms with Crippen LogP contribution >= 0.6 is 9.24 Å². The highest BCUT2D eigenvalue weighted by Crippen LogP contribution is 2.29. The predicted molar refractivity (Wildman–Crippen MR) is 67.5 cm³/mol. The molecule has 1 aromatic heterocycles. The Balaban J connectivity index is 2.46. The lowest BCUT2D eigenvalue weighted by Crippen LogP contribution is -2.19. The lowest BCUT2D eigenvalue weighted by Gasteiger charge is -2.22. The van der Waals surface area contributed by atoms with Crippen molar-refractivity contribution in [3.05, 3.63) is 30.0 Å². The molecule has 3 heteroatoms. The van der Waals surface area contributed by atoms with Crippen LogP contribution in [0.5, 0.6) is 5.75 Å². The molecule has 15 heavy (non-hydrogen) atoms. The first-order valence-corrected chi connectivity index (χ1v) is 5.59. The summed E-state index contributed by atoms with van der Waals surface area (Å²) in [6.45, 7) is 6.11. The molecule has 1 N–H and O–H groups in total. The van der Waals surface area contributed by atoms with E-state index in [4.69, 9.17) is 4.74 Å². The number of aromatic nitrogens is 1. The minimum Gasteiger partial charge on any atom is -0.484 e. The Morgan fingerprint density at radius 1 is 1.33 bits per heavy atom. The van der Waals surface area contributed by atoms with Gasteiger partial charge in [-0.3, -0.25) is 0 Å². The quantitative estimate of drug-likeness (QED) is 0.772. The molecule has 0 aliphatic heterocycles. The smallest absolute Gasteiger partial charge is 0.124 e. The van der Waals surface area contributed by atoms with Crippen molar-refractivity contribution in [3.8, 4) is 5.75 Å². The molecular weight excluding hydrogens is 205 g/mol. The number of benzene rings is 1. The molecule has 0 radical (unpaired) electrons. The summed E-state index contributed by atoms with van der Waals surface area (Å²) in [4.78, 5) is 3.19. The van der Waals surface area contributed by atoms with Crippen LogP contribution in [0.25, 0.3) is 10.9 Å². The van der Waals surface area contributed by atoms with Gasteiger partial charge >= 0.3 is 0 Å². The van der Waals surface area contributed by atoms with Gasteiger partial charge in [0.1, 0.15) is 11.1 Å². The summed E-state index contributed by atoms with van der Waals surface area (Å²) in [7, 11) is 2.69. The number of fused-ring (bicyclic) bond motifs is 1. The normalized spacial score (nSPS) is 12.0. The van der Waals surface area contributed by atoms with Crippen LogP contribution in [0.15, 0.2) is 24.4 Å². The van der Waals surface area contributed by atoms with Gasteiger partial charge in [0, 0.05) is 17.1 Å². The Kier molecular flexibility index (Phi) is 2.47. The standard InChI is InChI=1S/C12H16NOP/c1-8-6-10-9(4-5-13-10)7-11(8)14-12(2,3)15/h4-7,13H,15H2,1-3H3. The zero-order valence-corrected chi connectivity index (χ0v) is 10.4. The van der Waals surface area contributed by atoms with Gasteiger partial charge in [0.2, 0.25) is 0 Å².